The maximum Gasteiger partial charge on any atom is 1.00 e. The van der Waals surface area contributed by atoms with E-state index in [0.717, 1.165) is 5.75 Å². The third-order valence-corrected chi connectivity index (χ3v) is 1.79. The van der Waals surface area contributed by atoms with Crippen LogP contribution >= 0.6 is 0 Å². The van der Waals surface area contributed by atoms with E-state index in [1.807, 2.05) is 0 Å². The molecule has 0 saturated carbocycles. The summed E-state index contributed by atoms with van der Waals surface area (Å²) in [5.74, 6) is 0.951. The van der Waals surface area contributed by atoms with E-state index in [1.165, 1.54) is 38.5 Å². The van der Waals surface area contributed by atoms with E-state index in [1.54, 1.807) is 0 Å². The number of rotatable bonds is 6. The van der Waals surface area contributed by atoms with Gasteiger partial charge >= 0.3 is 18.9 Å². The summed E-state index contributed by atoms with van der Waals surface area (Å²) in [6.45, 7) is 2.24. The van der Waals surface area contributed by atoms with E-state index in [0.29, 0.717) is 0 Å². The number of hydrogen-bond donors (Lipinski definition) is 0. The zero-order chi connectivity index (χ0) is 6.95. The molecule has 0 nitrogen and oxygen atoms in total. The van der Waals surface area contributed by atoms with Crippen molar-refractivity contribution in [3.05, 3.63) is 0 Å². The molecule has 0 radical (unpaired) electrons. The molecule has 0 fully saturated rings. The summed E-state index contributed by atoms with van der Waals surface area (Å²) in [7, 11) is 0. The number of unbranched alkanes of at least 4 members (excludes halogenated alkanes) is 5. The van der Waals surface area contributed by atoms with Gasteiger partial charge in [0.2, 0.25) is 0 Å². The molecule has 0 rings (SSSR count). The molecule has 0 aromatic carbocycles. The van der Waals surface area contributed by atoms with Crippen LogP contribution in [0, 0.1) is 0 Å². The fraction of sp³-hybridized carbons (Fsp3) is 1.00. The third-order valence-electron chi connectivity index (χ3n) is 1.50. The van der Waals surface area contributed by atoms with Crippen LogP contribution in [0.15, 0.2) is 0 Å². The molecular formula is C8H17LiS. The van der Waals surface area contributed by atoms with Crippen LogP contribution in [0.25, 0.3) is 0 Å². The summed E-state index contributed by atoms with van der Waals surface area (Å²) in [6.07, 6.45) is 8.14. The van der Waals surface area contributed by atoms with Crippen LogP contribution in [-0.2, 0) is 12.6 Å². The van der Waals surface area contributed by atoms with Gasteiger partial charge in [-0.2, -0.15) is 5.75 Å². The van der Waals surface area contributed by atoms with Crippen LogP contribution in [0.5, 0.6) is 0 Å². The Kier molecular flexibility index (Phi) is 17.1. The fourth-order valence-corrected chi connectivity index (χ4v) is 1.09. The molecule has 10 heavy (non-hydrogen) atoms. The molecule has 0 N–H and O–H groups in total. The van der Waals surface area contributed by atoms with Crippen molar-refractivity contribution in [1.82, 2.24) is 0 Å². The van der Waals surface area contributed by atoms with Crippen molar-refractivity contribution >= 4 is 12.6 Å². The van der Waals surface area contributed by atoms with Gasteiger partial charge in [0.1, 0.15) is 0 Å². The van der Waals surface area contributed by atoms with Crippen molar-refractivity contribution in [1.29, 1.82) is 0 Å². The van der Waals surface area contributed by atoms with Gasteiger partial charge < -0.3 is 12.6 Å². The summed E-state index contributed by atoms with van der Waals surface area (Å²) in [5.41, 5.74) is 0. The largest absolute Gasteiger partial charge is 1.00 e. The molecule has 0 aliphatic rings. The summed E-state index contributed by atoms with van der Waals surface area (Å²) < 4.78 is 0. The van der Waals surface area contributed by atoms with E-state index in [2.05, 4.69) is 6.92 Å². The van der Waals surface area contributed by atoms with Gasteiger partial charge in [-0.3, -0.25) is 0 Å². The minimum absolute atomic E-state index is 0. The SMILES string of the molecule is CCCCCCCC[S-].[Li+]. The third kappa shape index (κ3) is 11.7. The molecule has 0 aromatic rings. The molecule has 0 heterocycles. The van der Waals surface area contributed by atoms with Crippen LogP contribution in [0.3, 0.4) is 0 Å². The van der Waals surface area contributed by atoms with Crippen LogP contribution < -0.4 is 18.9 Å². The van der Waals surface area contributed by atoms with Crippen LogP contribution in [-0.4, -0.2) is 5.75 Å². The Morgan fingerprint density at radius 2 is 1.40 bits per heavy atom. The monoisotopic (exact) mass is 152 g/mol. The molecule has 0 atom stereocenters. The van der Waals surface area contributed by atoms with E-state index in [-0.39, 0.29) is 18.9 Å². The summed E-state index contributed by atoms with van der Waals surface area (Å²) in [6, 6.07) is 0. The maximum atomic E-state index is 4.83. The second-order valence-corrected chi connectivity index (χ2v) is 2.88. The first-order chi connectivity index (χ1) is 4.41. The first kappa shape index (κ1) is 13.5. The van der Waals surface area contributed by atoms with Gasteiger partial charge in [-0.25, -0.2) is 0 Å². The molecule has 0 amide bonds. The average Bonchev–Trinajstić information content (AvgIpc) is 1.89. The second-order valence-electron chi connectivity index (χ2n) is 2.47. The average molecular weight is 152 g/mol. The molecule has 56 valence electrons. The zero-order valence-electron chi connectivity index (χ0n) is 7.36. The predicted octanol–water partition coefficient (Wildman–Crippen LogP) is -0.102. The Morgan fingerprint density at radius 1 is 0.900 bits per heavy atom. The normalized spacial score (nSPS) is 9.00. The fourth-order valence-electron chi connectivity index (χ4n) is 0.882. The van der Waals surface area contributed by atoms with Crippen molar-refractivity contribution in [2.75, 3.05) is 5.75 Å². The van der Waals surface area contributed by atoms with Crippen molar-refractivity contribution in [3.8, 4) is 0 Å². The maximum absolute atomic E-state index is 4.83. The number of hydrogen-bond acceptors (Lipinski definition) is 1. The van der Waals surface area contributed by atoms with E-state index in [4.69, 9.17) is 12.6 Å². The Labute approximate surface area is 82.7 Å². The summed E-state index contributed by atoms with van der Waals surface area (Å²) in [4.78, 5) is 0. The van der Waals surface area contributed by atoms with Gasteiger partial charge in [0.25, 0.3) is 0 Å². The zero-order valence-corrected chi connectivity index (χ0v) is 8.17. The van der Waals surface area contributed by atoms with Crippen molar-refractivity contribution < 1.29 is 18.9 Å². The van der Waals surface area contributed by atoms with E-state index >= 15 is 0 Å². The first-order valence-electron chi connectivity index (χ1n) is 4.00. The van der Waals surface area contributed by atoms with Gasteiger partial charge in [-0.15, -0.1) is 0 Å². The molecule has 0 spiro atoms. The molecule has 0 aromatic heterocycles. The van der Waals surface area contributed by atoms with Crippen molar-refractivity contribution in [3.63, 3.8) is 0 Å². The van der Waals surface area contributed by atoms with Gasteiger partial charge in [-0.05, 0) is 0 Å². The van der Waals surface area contributed by atoms with Crippen molar-refractivity contribution in [2.45, 2.75) is 45.4 Å². The van der Waals surface area contributed by atoms with Crippen molar-refractivity contribution in [2.24, 2.45) is 0 Å². The predicted molar refractivity (Wildman–Crippen MR) is 45.6 cm³/mol. The van der Waals surface area contributed by atoms with Gasteiger partial charge in [0.05, 0.1) is 0 Å². The first-order valence-corrected chi connectivity index (χ1v) is 4.57. The topological polar surface area (TPSA) is 0 Å². The van der Waals surface area contributed by atoms with E-state index in [9.17, 15) is 0 Å². The second kappa shape index (κ2) is 12.6. The van der Waals surface area contributed by atoms with E-state index < -0.39 is 0 Å². The molecule has 0 saturated heterocycles. The Balaban J connectivity index is 0. The van der Waals surface area contributed by atoms with Gasteiger partial charge in [0.15, 0.2) is 0 Å². The molecule has 0 unspecified atom stereocenters. The molecule has 0 aliphatic heterocycles. The smallest absolute Gasteiger partial charge is 0.793 e. The molecule has 2 heteroatoms. The summed E-state index contributed by atoms with van der Waals surface area (Å²) in [5, 5.41) is 0. The van der Waals surface area contributed by atoms with Gasteiger partial charge in [-0.1, -0.05) is 45.4 Å². The standard InChI is InChI=1S/C8H18S.Li/c1-2-3-4-5-6-7-8-9;/h9H,2-8H2,1H3;/q;+1/p-1. The summed E-state index contributed by atoms with van der Waals surface area (Å²) >= 11 is 4.83. The minimum atomic E-state index is 0. The van der Waals surface area contributed by atoms with Crippen LogP contribution in [0.1, 0.15) is 45.4 Å². The molecule has 0 bridgehead atoms. The Morgan fingerprint density at radius 3 is 1.90 bits per heavy atom. The molecular weight excluding hydrogens is 135 g/mol. The van der Waals surface area contributed by atoms with Gasteiger partial charge in [0, 0.05) is 0 Å². The molecule has 0 aliphatic carbocycles. The van der Waals surface area contributed by atoms with Crippen LogP contribution in [0.2, 0.25) is 0 Å². The quantitative estimate of drug-likeness (QED) is 0.291. The Bertz CT molecular complexity index is 42.5. The minimum Gasteiger partial charge on any atom is -0.793 e. The van der Waals surface area contributed by atoms with Crippen LogP contribution in [0.4, 0.5) is 0 Å². The Hall–Kier alpha value is 0.947.